The summed E-state index contributed by atoms with van der Waals surface area (Å²) in [7, 11) is 0. The molecule has 0 radical (unpaired) electrons. The van der Waals surface area contributed by atoms with Crippen LogP contribution in [0.25, 0.3) is 11.1 Å². The Morgan fingerprint density at radius 1 is 0.960 bits per heavy atom. The number of aliphatic hydroxyl groups is 1. The third kappa shape index (κ3) is 4.68. The Bertz CT molecular complexity index is 774. The number of rotatable bonds is 7. The summed E-state index contributed by atoms with van der Waals surface area (Å²) < 4.78 is 6.08. The second kappa shape index (κ2) is 8.45. The molecular formula is C22H23NO2. The van der Waals surface area contributed by atoms with E-state index in [1.54, 1.807) is 6.20 Å². The number of benzene rings is 2. The van der Waals surface area contributed by atoms with Crippen LogP contribution in [0, 0.1) is 0 Å². The van der Waals surface area contributed by atoms with E-state index in [9.17, 15) is 5.11 Å². The fourth-order valence-electron chi connectivity index (χ4n) is 2.80. The Balaban J connectivity index is 1.66. The van der Waals surface area contributed by atoms with Crippen molar-refractivity contribution in [2.75, 3.05) is 0 Å². The van der Waals surface area contributed by atoms with Gasteiger partial charge in [0.15, 0.2) is 0 Å². The average molecular weight is 333 g/mol. The predicted molar refractivity (Wildman–Crippen MR) is 101 cm³/mol. The molecule has 0 saturated carbocycles. The van der Waals surface area contributed by atoms with Crippen molar-refractivity contribution >= 4 is 0 Å². The van der Waals surface area contributed by atoms with Gasteiger partial charge in [-0.3, -0.25) is 4.98 Å². The van der Waals surface area contributed by atoms with Crippen molar-refractivity contribution < 1.29 is 9.84 Å². The predicted octanol–water partition coefficient (Wildman–Crippen LogP) is 4.51. The number of aliphatic hydroxyl groups excluding tert-OH is 1. The first kappa shape index (κ1) is 17.2. The summed E-state index contributed by atoms with van der Waals surface area (Å²) >= 11 is 0. The summed E-state index contributed by atoms with van der Waals surface area (Å²) in [5, 5.41) is 10.5. The van der Waals surface area contributed by atoms with Gasteiger partial charge in [0.2, 0.25) is 0 Å². The van der Waals surface area contributed by atoms with Crippen LogP contribution in [0.5, 0.6) is 5.75 Å². The normalized spacial score (nSPS) is 13.2. The van der Waals surface area contributed by atoms with E-state index in [4.69, 9.17) is 4.74 Å². The minimum atomic E-state index is -0.538. The van der Waals surface area contributed by atoms with Crippen molar-refractivity contribution in [1.29, 1.82) is 0 Å². The molecule has 0 amide bonds. The monoisotopic (exact) mass is 333 g/mol. The van der Waals surface area contributed by atoms with E-state index in [1.807, 2.05) is 67.7 Å². The molecule has 0 aliphatic rings. The van der Waals surface area contributed by atoms with Gasteiger partial charge in [-0.15, -0.1) is 0 Å². The first-order valence-electron chi connectivity index (χ1n) is 8.62. The Morgan fingerprint density at radius 2 is 1.72 bits per heavy atom. The highest BCUT2D eigenvalue weighted by atomic mass is 16.5. The van der Waals surface area contributed by atoms with Crippen molar-refractivity contribution in [2.24, 2.45) is 0 Å². The summed E-state index contributed by atoms with van der Waals surface area (Å²) in [4.78, 5) is 4.11. The number of aromatic nitrogens is 1. The molecule has 0 aliphatic carbocycles. The zero-order valence-electron chi connectivity index (χ0n) is 14.4. The van der Waals surface area contributed by atoms with Gasteiger partial charge in [0.1, 0.15) is 11.9 Å². The lowest BCUT2D eigenvalue weighted by Crippen LogP contribution is -2.29. The molecule has 0 fully saturated rings. The largest absolute Gasteiger partial charge is 0.487 e. The molecule has 0 bridgehead atoms. The Labute approximate surface area is 148 Å². The Kier molecular flexibility index (Phi) is 5.81. The van der Waals surface area contributed by atoms with E-state index >= 15 is 0 Å². The Hall–Kier alpha value is -2.65. The number of para-hydroxylation sites is 1. The average Bonchev–Trinajstić information content (AvgIpc) is 2.68. The molecule has 3 nitrogen and oxygen atoms in total. The van der Waals surface area contributed by atoms with Crippen LogP contribution >= 0.6 is 0 Å². The fourth-order valence-corrected chi connectivity index (χ4v) is 2.80. The van der Waals surface area contributed by atoms with Crippen molar-refractivity contribution in [1.82, 2.24) is 4.98 Å². The van der Waals surface area contributed by atoms with Crippen LogP contribution in [0.3, 0.4) is 0 Å². The first-order chi connectivity index (χ1) is 12.2. The van der Waals surface area contributed by atoms with Crippen molar-refractivity contribution in [3.8, 4) is 16.9 Å². The fraction of sp³-hybridized carbons (Fsp3) is 0.227. The summed E-state index contributed by atoms with van der Waals surface area (Å²) in [6.07, 6.45) is 4.18. The number of hydrogen-bond acceptors (Lipinski definition) is 3. The second-order valence-electron chi connectivity index (χ2n) is 6.15. The molecule has 1 heterocycles. The van der Waals surface area contributed by atoms with E-state index in [-0.39, 0.29) is 6.10 Å². The second-order valence-corrected chi connectivity index (χ2v) is 6.15. The van der Waals surface area contributed by atoms with Crippen LogP contribution in [0.4, 0.5) is 0 Å². The maximum atomic E-state index is 10.5. The van der Waals surface area contributed by atoms with Gasteiger partial charge in [0.05, 0.1) is 6.10 Å². The van der Waals surface area contributed by atoms with E-state index in [1.165, 1.54) is 0 Å². The van der Waals surface area contributed by atoms with E-state index in [0.717, 1.165) is 28.9 Å². The number of pyridine rings is 1. The van der Waals surface area contributed by atoms with Gasteiger partial charge in [-0.05, 0) is 43.0 Å². The van der Waals surface area contributed by atoms with E-state index in [0.29, 0.717) is 6.42 Å². The molecule has 0 spiro atoms. The highest BCUT2D eigenvalue weighted by Crippen LogP contribution is 2.30. The molecule has 1 N–H and O–H groups in total. The smallest absolute Gasteiger partial charge is 0.127 e. The van der Waals surface area contributed by atoms with E-state index in [2.05, 4.69) is 17.1 Å². The van der Waals surface area contributed by atoms with Crippen LogP contribution in [0.1, 0.15) is 18.9 Å². The molecule has 0 saturated heterocycles. The minimum Gasteiger partial charge on any atom is -0.487 e. The lowest BCUT2D eigenvalue weighted by atomic mass is 10.0. The van der Waals surface area contributed by atoms with Gasteiger partial charge in [-0.25, -0.2) is 0 Å². The van der Waals surface area contributed by atoms with Gasteiger partial charge < -0.3 is 9.84 Å². The van der Waals surface area contributed by atoms with Crippen LogP contribution < -0.4 is 4.74 Å². The van der Waals surface area contributed by atoms with Crippen LogP contribution in [0.15, 0.2) is 79.1 Å². The quantitative estimate of drug-likeness (QED) is 0.692. The molecule has 3 heteroatoms. The standard InChI is InChI=1S/C22H23NO2/c1-17(21(24)14-13-18-8-7-15-23-16-18)25-22-12-6-5-11-20(22)19-9-3-2-4-10-19/h2-12,15-17,21,24H,13-14H2,1H3/t17-,21-/m0/s1. The van der Waals surface area contributed by atoms with Gasteiger partial charge in [0.25, 0.3) is 0 Å². The molecule has 2 aromatic carbocycles. The van der Waals surface area contributed by atoms with E-state index < -0.39 is 6.10 Å². The summed E-state index contributed by atoms with van der Waals surface area (Å²) in [5.74, 6) is 0.793. The molecular weight excluding hydrogens is 310 g/mol. The van der Waals surface area contributed by atoms with Gasteiger partial charge >= 0.3 is 0 Å². The lowest BCUT2D eigenvalue weighted by Gasteiger charge is -2.22. The molecule has 128 valence electrons. The zero-order valence-corrected chi connectivity index (χ0v) is 14.4. The molecule has 3 rings (SSSR count). The molecule has 0 unspecified atom stereocenters. The SMILES string of the molecule is C[C@H](Oc1ccccc1-c1ccccc1)[C@@H](O)CCc1cccnc1. The molecule has 2 atom stereocenters. The van der Waals surface area contributed by atoms with Gasteiger partial charge in [-0.2, -0.15) is 0 Å². The third-order valence-corrected chi connectivity index (χ3v) is 4.28. The number of hydrogen-bond donors (Lipinski definition) is 1. The zero-order chi connectivity index (χ0) is 17.5. The first-order valence-corrected chi connectivity index (χ1v) is 8.62. The van der Waals surface area contributed by atoms with Gasteiger partial charge in [-0.1, -0.05) is 54.6 Å². The van der Waals surface area contributed by atoms with Crippen LogP contribution in [0.2, 0.25) is 0 Å². The number of nitrogens with zero attached hydrogens (tertiary/aromatic N) is 1. The highest BCUT2D eigenvalue weighted by Gasteiger charge is 2.17. The van der Waals surface area contributed by atoms with Crippen molar-refractivity contribution in [2.45, 2.75) is 32.0 Å². The highest BCUT2D eigenvalue weighted by molar-refractivity contribution is 5.70. The van der Waals surface area contributed by atoms with Crippen molar-refractivity contribution in [3.05, 3.63) is 84.7 Å². The van der Waals surface area contributed by atoms with Crippen molar-refractivity contribution in [3.63, 3.8) is 0 Å². The maximum Gasteiger partial charge on any atom is 0.127 e. The Morgan fingerprint density at radius 3 is 2.48 bits per heavy atom. The third-order valence-electron chi connectivity index (χ3n) is 4.28. The maximum absolute atomic E-state index is 10.5. The molecule has 1 aromatic heterocycles. The number of ether oxygens (including phenoxy) is 1. The lowest BCUT2D eigenvalue weighted by molar-refractivity contribution is 0.0423. The van der Waals surface area contributed by atoms with Crippen LogP contribution in [-0.2, 0) is 6.42 Å². The summed E-state index contributed by atoms with van der Waals surface area (Å²) in [6.45, 7) is 1.91. The summed E-state index contributed by atoms with van der Waals surface area (Å²) in [5.41, 5.74) is 3.27. The minimum absolute atomic E-state index is 0.290. The molecule has 3 aromatic rings. The summed E-state index contributed by atoms with van der Waals surface area (Å²) in [6, 6.07) is 22.0. The molecule has 0 aliphatic heterocycles. The van der Waals surface area contributed by atoms with Gasteiger partial charge in [0, 0.05) is 18.0 Å². The molecule has 25 heavy (non-hydrogen) atoms. The van der Waals surface area contributed by atoms with Crippen LogP contribution in [-0.4, -0.2) is 22.3 Å². The number of aryl methyl sites for hydroxylation is 1. The topological polar surface area (TPSA) is 42.4 Å².